The average molecular weight is 224 g/mol. The van der Waals surface area contributed by atoms with E-state index in [9.17, 15) is 4.79 Å². The van der Waals surface area contributed by atoms with Crippen molar-refractivity contribution in [2.75, 3.05) is 13.1 Å². The summed E-state index contributed by atoms with van der Waals surface area (Å²) in [6.07, 6.45) is 5.30. The van der Waals surface area contributed by atoms with Gasteiger partial charge in [-0.15, -0.1) is 0 Å². The van der Waals surface area contributed by atoms with Gasteiger partial charge in [0.1, 0.15) is 0 Å². The Morgan fingerprint density at radius 2 is 2.44 bits per heavy atom. The minimum Gasteiger partial charge on any atom is -0.356 e. The van der Waals surface area contributed by atoms with Gasteiger partial charge in [-0.1, -0.05) is 6.92 Å². The van der Waals surface area contributed by atoms with Crippen molar-refractivity contribution in [3.05, 3.63) is 18.5 Å². The molecular formula is C11H20N4O. The number of rotatable bonds is 7. The lowest BCUT2D eigenvalue weighted by molar-refractivity contribution is -0.124. The van der Waals surface area contributed by atoms with Gasteiger partial charge in [0.15, 0.2) is 0 Å². The van der Waals surface area contributed by atoms with Crippen molar-refractivity contribution >= 4 is 5.91 Å². The van der Waals surface area contributed by atoms with Gasteiger partial charge in [0, 0.05) is 31.4 Å². The molecule has 0 radical (unpaired) electrons. The SMILES string of the molecule is CC(CCN)C(=O)NCCCn1cccn1. The number of nitrogens with one attached hydrogen (secondary N) is 1. The predicted molar refractivity (Wildman–Crippen MR) is 62.7 cm³/mol. The molecule has 0 fully saturated rings. The largest absolute Gasteiger partial charge is 0.356 e. The van der Waals surface area contributed by atoms with Crippen LogP contribution in [0.4, 0.5) is 0 Å². The van der Waals surface area contributed by atoms with Crippen molar-refractivity contribution in [3.8, 4) is 0 Å². The van der Waals surface area contributed by atoms with E-state index in [1.165, 1.54) is 0 Å². The zero-order chi connectivity index (χ0) is 11.8. The van der Waals surface area contributed by atoms with Crippen LogP contribution >= 0.6 is 0 Å². The molecule has 5 nitrogen and oxygen atoms in total. The second-order valence-electron chi connectivity index (χ2n) is 3.89. The molecule has 3 N–H and O–H groups in total. The van der Waals surface area contributed by atoms with Gasteiger partial charge in [0.25, 0.3) is 0 Å². The molecule has 0 aliphatic carbocycles. The standard InChI is InChI=1S/C11H20N4O/c1-10(4-5-12)11(16)13-6-2-8-15-9-3-7-14-15/h3,7,9-10H,2,4-6,8,12H2,1H3,(H,13,16). The number of aromatic nitrogens is 2. The van der Waals surface area contributed by atoms with Crippen molar-refractivity contribution in [1.82, 2.24) is 15.1 Å². The summed E-state index contributed by atoms with van der Waals surface area (Å²) in [7, 11) is 0. The Hall–Kier alpha value is -1.36. The summed E-state index contributed by atoms with van der Waals surface area (Å²) < 4.78 is 1.86. The van der Waals surface area contributed by atoms with E-state index in [0.717, 1.165) is 19.4 Å². The third-order valence-corrected chi connectivity index (χ3v) is 2.47. The van der Waals surface area contributed by atoms with Crippen molar-refractivity contribution < 1.29 is 4.79 Å². The molecule has 0 aliphatic heterocycles. The fourth-order valence-corrected chi connectivity index (χ4v) is 1.44. The van der Waals surface area contributed by atoms with Crippen LogP contribution in [0.15, 0.2) is 18.5 Å². The Morgan fingerprint density at radius 3 is 3.06 bits per heavy atom. The minimum atomic E-state index is 0.00898. The van der Waals surface area contributed by atoms with Gasteiger partial charge < -0.3 is 11.1 Å². The van der Waals surface area contributed by atoms with Gasteiger partial charge in [0.2, 0.25) is 5.91 Å². The molecule has 0 aliphatic rings. The Balaban J connectivity index is 2.08. The molecule has 0 saturated carbocycles. The highest BCUT2D eigenvalue weighted by molar-refractivity contribution is 5.78. The molecule has 16 heavy (non-hydrogen) atoms. The van der Waals surface area contributed by atoms with Crippen LogP contribution in [0.3, 0.4) is 0 Å². The number of amides is 1. The van der Waals surface area contributed by atoms with Crippen LogP contribution in [0.1, 0.15) is 19.8 Å². The van der Waals surface area contributed by atoms with Gasteiger partial charge >= 0.3 is 0 Å². The van der Waals surface area contributed by atoms with Crippen LogP contribution in [0, 0.1) is 5.92 Å². The van der Waals surface area contributed by atoms with Crippen LogP contribution in [0.2, 0.25) is 0 Å². The number of carbonyl (C=O) groups excluding carboxylic acids is 1. The summed E-state index contributed by atoms with van der Waals surface area (Å²) in [4.78, 5) is 11.5. The number of nitrogens with two attached hydrogens (primary N) is 1. The molecule has 1 amide bonds. The molecule has 1 aromatic rings. The predicted octanol–water partition coefficient (Wildman–Crippen LogP) is 0.374. The first kappa shape index (κ1) is 12.7. The summed E-state index contributed by atoms with van der Waals surface area (Å²) >= 11 is 0. The lowest BCUT2D eigenvalue weighted by Crippen LogP contribution is -2.31. The van der Waals surface area contributed by atoms with Crippen molar-refractivity contribution in [3.63, 3.8) is 0 Å². The van der Waals surface area contributed by atoms with E-state index >= 15 is 0 Å². The molecule has 1 heterocycles. The van der Waals surface area contributed by atoms with Gasteiger partial charge in [-0.05, 0) is 25.5 Å². The normalized spacial score (nSPS) is 12.4. The Kier molecular flexibility index (Phi) is 5.56. The summed E-state index contributed by atoms with van der Waals surface area (Å²) in [6.45, 7) is 3.98. The van der Waals surface area contributed by atoms with E-state index in [4.69, 9.17) is 5.73 Å². The van der Waals surface area contributed by atoms with Crippen LogP contribution < -0.4 is 11.1 Å². The number of hydrogen-bond acceptors (Lipinski definition) is 3. The summed E-state index contributed by atoms with van der Waals surface area (Å²) in [5.74, 6) is 0.0978. The molecule has 0 saturated heterocycles. The van der Waals surface area contributed by atoms with Crippen molar-refractivity contribution in [2.24, 2.45) is 11.7 Å². The van der Waals surface area contributed by atoms with E-state index in [0.29, 0.717) is 13.1 Å². The van der Waals surface area contributed by atoms with E-state index in [-0.39, 0.29) is 11.8 Å². The number of aryl methyl sites for hydroxylation is 1. The van der Waals surface area contributed by atoms with E-state index < -0.39 is 0 Å². The maximum absolute atomic E-state index is 11.5. The Bertz CT molecular complexity index is 297. The average Bonchev–Trinajstić information content (AvgIpc) is 2.77. The Labute approximate surface area is 96.0 Å². The number of nitrogens with zero attached hydrogens (tertiary/aromatic N) is 2. The maximum atomic E-state index is 11.5. The first-order valence-electron chi connectivity index (χ1n) is 5.69. The molecule has 1 aromatic heterocycles. The van der Waals surface area contributed by atoms with Gasteiger partial charge in [0.05, 0.1) is 0 Å². The molecule has 5 heteroatoms. The van der Waals surface area contributed by atoms with Crippen LogP contribution in [-0.4, -0.2) is 28.8 Å². The number of hydrogen-bond donors (Lipinski definition) is 2. The minimum absolute atomic E-state index is 0.00898. The molecule has 90 valence electrons. The third kappa shape index (κ3) is 4.44. The monoisotopic (exact) mass is 224 g/mol. The zero-order valence-electron chi connectivity index (χ0n) is 9.72. The van der Waals surface area contributed by atoms with Gasteiger partial charge in [-0.3, -0.25) is 9.48 Å². The van der Waals surface area contributed by atoms with Gasteiger partial charge in [-0.25, -0.2) is 0 Å². The fourth-order valence-electron chi connectivity index (χ4n) is 1.44. The van der Waals surface area contributed by atoms with Crippen LogP contribution in [0.5, 0.6) is 0 Å². The topological polar surface area (TPSA) is 72.9 Å². The second-order valence-corrected chi connectivity index (χ2v) is 3.89. The highest BCUT2D eigenvalue weighted by atomic mass is 16.1. The molecule has 1 unspecified atom stereocenters. The van der Waals surface area contributed by atoms with Crippen molar-refractivity contribution in [2.45, 2.75) is 26.3 Å². The van der Waals surface area contributed by atoms with Crippen LogP contribution in [-0.2, 0) is 11.3 Å². The third-order valence-electron chi connectivity index (χ3n) is 2.47. The molecule has 1 rings (SSSR count). The lowest BCUT2D eigenvalue weighted by atomic mass is 10.1. The maximum Gasteiger partial charge on any atom is 0.222 e. The van der Waals surface area contributed by atoms with E-state index in [1.807, 2.05) is 23.9 Å². The van der Waals surface area contributed by atoms with E-state index in [2.05, 4.69) is 10.4 Å². The van der Waals surface area contributed by atoms with Gasteiger partial charge in [-0.2, -0.15) is 5.10 Å². The summed E-state index contributed by atoms with van der Waals surface area (Å²) in [5, 5.41) is 6.98. The highest BCUT2D eigenvalue weighted by Crippen LogP contribution is 1.99. The lowest BCUT2D eigenvalue weighted by Gasteiger charge is -2.10. The highest BCUT2D eigenvalue weighted by Gasteiger charge is 2.10. The summed E-state index contributed by atoms with van der Waals surface area (Å²) in [6, 6.07) is 1.89. The quantitative estimate of drug-likeness (QED) is 0.657. The molecule has 1 atom stereocenters. The zero-order valence-corrected chi connectivity index (χ0v) is 9.72. The molecular weight excluding hydrogens is 204 g/mol. The summed E-state index contributed by atoms with van der Waals surface area (Å²) in [5.41, 5.74) is 5.39. The smallest absolute Gasteiger partial charge is 0.222 e. The first-order valence-corrected chi connectivity index (χ1v) is 5.69. The molecule has 0 bridgehead atoms. The first-order chi connectivity index (χ1) is 7.74. The van der Waals surface area contributed by atoms with Crippen molar-refractivity contribution in [1.29, 1.82) is 0 Å². The molecule has 0 aromatic carbocycles. The number of carbonyl (C=O) groups is 1. The second kappa shape index (κ2) is 7.00. The molecule has 0 spiro atoms. The Morgan fingerprint density at radius 1 is 1.62 bits per heavy atom. The van der Waals surface area contributed by atoms with E-state index in [1.54, 1.807) is 6.20 Å². The van der Waals surface area contributed by atoms with Crippen LogP contribution in [0.25, 0.3) is 0 Å². The fraction of sp³-hybridized carbons (Fsp3) is 0.636.